The van der Waals surface area contributed by atoms with Gasteiger partial charge < -0.3 is 4.85 Å². The van der Waals surface area contributed by atoms with Crippen LogP contribution in [0.2, 0.25) is 0 Å². The second-order valence-corrected chi connectivity index (χ2v) is 13.6. The highest BCUT2D eigenvalue weighted by Gasteiger charge is 2.41. The standard InChI is InChI=1S/C20H24O6S2.C8H10N2/c1-16-4-8-18(9-5-16)27(21,22)25-14-20(12-3-13-20)15-26-28(23,24)19-10-6-17(2)7-11-19;1-10-7-8(5-6-9)3-2-4-8/h4-11H,3,12-15H2,1-2H3;2-5,7H2. The molecule has 10 heteroatoms. The van der Waals surface area contributed by atoms with Crippen LogP contribution < -0.4 is 0 Å². The Kier molecular flexibility index (Phi) is 9.72. The second-order valence-electron chi connectivity index (χ2n) is 10.4. The molecule has 204 valence electrons. The number of benzene rings is 2. The Morgan fingerprint density at radius 1 is 0.789 bits per heavy atom. The maximum Gasteiger partial charge on any atom is 0.296 e. The summed E-state index contributed by atoms with van der Waals surface area (Å²) in [4.78, 5) is 3.52. The molecule has 2 fully saturated rings. The Labute approximate surface area is 226 Å². The van der Waals surface area contributed by atoms with Gasteiger partial charge >= 0.3 is 0 Å². The number of hydrogen-bond donors (Lipinski definition) is 0. The summed E-state index contributed by atoms with van der Waals surface area (Å²) >= 11 is 0. The lowest BCUT2D eigenvalue weighted by Gasteiger charge is -2.40. The fourth-order valence-electron chi connectivity index (χ4n) is 4.36. The molecule has 0 unspecified atom stereocenters. The fraction of sp³-hybridized carbons (Fsp3) is 0.500. The quantitative estimate of drug-likeness (QED) is 0.276. The summed E-state index contributed by atoms with van der Waals surface area (Å²) in [6, 6.07) is 14.9. The Bertz CT molecular complexity index is 1280. The molecule has 0 spiro atoms. The first-order valence-corrected chi connectivity index (χ1v) is 15.4. The van der Waals surface area contributed by atoms with Gasteiger partial charge in [0.15, 0.2) is 0 Å². The third-order valence-corrected chi connectivity index (χ3v) is 9.91. The Morgan fingerprint density at radius 3 is 1.47 bits per heavy atom. The molecule has 2 aromatic rings. The molecule has 0 saturated heterocycles. The van der Waals surface area contributed by atoms with E-state index in [1.807, 2.05) is 13.8 Å². The molecule has 0 heterocycles. The summed E-state index contributed by atoms with van der Waals surface area (Å²) in [6.45, 7) is 10.8. The molecule has 2 aliphatic carbocycles. The minimum atomic E-state index is -3.90. The van der Waals surface area contributed by atoms with E-state index in [1.165, 1.54) is 30.7 Å². The number of nitriles is 1. The molecule has 0 bridgehead atoms. The third kappa shape index (κ3) is 7.64. The number of aryl methyl sites for hydroxylation is 2. The van der Waals surface area contributed by atoms with Gasteiger partial charge in [0.05, 0.1) is 34.5 Å². The van der Waals surface area contributed by atoms with Crippen LogP contribution in [0.1, 0.15) is 56.1 Å². The zero-order chi connectivity index (χ0) is 27.9. The van der Waals surface area contributed by atoms with Gasteiger partial charge in [-0.05, 0) is 63.8 Å². The van der Waals surface area contributed by atoms with Gasteiger partial charge in [-0.15, -0.1) is 0 Å². The van der Waals surface area contributed by atoms with Gasteiger partial charge in [-0.1, -0.05) is 48.2 Å². The van der Waals surface area contributed by atoms with Gasteiger partial charge in [0.2, 0.25) is 6.54 Å². The van der Waals surface area contributed by atoms with Crippen LogP contribution in [-0.2, 0) is 28.6 Å². The molecular formula is C28H34N2O6S2. The van der Waals surface area contributed by atoms with Crippen molar-refractivity contribution in [2.75, 3.05) is 19.8 Å². The molecule has 0 N–H and O–H groups in total. The van der Waals surface area contributed by atoms with E-state index < -0.39 is 25.7 Å². The van der Waals surface area contributed by atoms with Crippen LogP contribution >= 0.6 is 0 Å². The van der Waals surface area contributed by atoms with Crippen LogP contribution in [0.5, 0.6) is 0 Å². The first-order valence-electron chi connectivity index (χ1n) is 12.6. The summed E-state index contributed by atoms with van der Waals surface area (Å²) in [5.41, 5.74) is 1.39. The molecule has 0 atom stereocenters. The zero-order valence-electron chi connectivity index (χ0n) is 21.9. The van der Waals surface area contributed by atoms with Crippen LogP contribution in [0.15, 0.2) is 58.3 Å². The monoisotopic (exact) mass is 558 g/mol. The molecule has 2 aromatic carbocycles. The predicted octanol–water partition coefficient (Wildman–Crippen LogP) is 5.57. The van der Waals surface area contributed by atoms with Crippen molar-refractivity contribution in [1.82, 2.24) is 0 Å². The normalized spacial score (nSPS) is 17.5. The Hall–Kier alpha value is -2.76. The maximum atomic E-state index is 12.4. The molecule has 0 amide bonds. The molecule has 8 nitrogen and oxygen atoms in total. The van der Waals surface area contributed by atoms with E-state index in [4.69, 9.17) is 20.2 Å². The topological polar surface area (TPSA) is 115 Å². The van der Waals surface area contributed by atoms with E-state index in [9.17, 15) is 16.8 Å². The van der Waals surface area contributed by atoms with Crippen molar-refractivity contribution in [3.8, 4) is 6.07 Å². The summed E-state index contributed by atoms with van der Waals surface area (Å²) in [5, 5.41) is 8.44. The Balaban J connectivity index is 0.000000336. The third-order valence-electron chi connectivity index (χ3n) is 7.36. The highest BCUT2D eigenvalue weighted by molar-refractivity contribution is 7.87. The minimum Gasteiger partial charge on any atom is -0.316 e. The Morgan fingerprint density at radius 2 is 1.18 bits per heavy atom. The highest BCUT2D eigenvalue weighted by Crippen LogP contribution is 2.44. The lowest BCUT2D eigenvalue weighted by Crippen LogP contribution is -2.40. The van der Waals surface area contributed by atoms with Gasteiger partial charge in [-0.2, -0.15) is 22.1 Å². The molecule has 0 aromatic heterocycles. The molecule has 38 heavy (non-hydrogen) atoms. The predicted molar refractivity (Wildman–Crippen MR) is 143 cm³/mol. The summed E-state index contributed by atoms with van der Waals surface area (Å²) in [7, 11) is -7.80. The first kappa shape index (κ1) is 29.8. The van der Waals surface area contributed by atoms with E-state index in [2.05, 4.69) is 10.9 Å². The van der Waals surface area contributed by atoms with Crippen LogP contribution in [0.25, 0.3) is 4.85 Å². The highest BCUT2D eigenvalue weighted by atomic mass is 32.2. The van der Waals surface area contributed by atoms with Crippen molar-refractivity contribution in [3.05, 3.63) is 71.1 Å². The van der Waals surface area contributed by atoms with Gasteiger partial charge in [0.25, 0.3) is 20.2 Å². The van der Waals surface area contributed by atoms with Gasteiger partial charge in [-0.25, -0.2) is 6.57 Å². The minimum absolute atomic E-state index is 0.0840. The van der Waals surface area contributed by atoms with Crippen LogP contribution in [0, 0.1) is 42.6 Å². The number of nitrogens with zero attached hydrogens (tertiary/aromatic N) is 2. The maximum absolute atomic E-state index is 12.4. The molecule has 2 aliphatic rings. The average molecular weight is 559 g/mol. The largest absolute Gasteiger partial charge is 0.316 e. The van der Waals surface area contributed by atoms with Crippen molar-refractivity contribution in [2.45, 2.75) is 68.6 Å². The molecule has 0 radical (unpaired) electrons. The van der Waals surface area contributed by atoms with Crippen molar-refractivity contribution >= 4 is 20.2 Å². The van der Waals surface area contributed by atoms with E-state index >= 15 is 0 Å². The fourth-order valence-corrected chi connectivity index (χ4v) is 6.38. The number of hydrogen-bond acceptors (Lipinski definition) is 7. The molecule has 4 rings (SSSR count). The number of rotatable bonds is 10. The molecular weight excluding hydrogens is 524 g/mol. The first-order chi connectivity index (χ1) is 17.9. The van der Waals surface area contributed by atoms with Crippen molar-refractivity contribution < 1.29 is 25.2 Å². The van der Waals surface area contributed by atoms with Crippen molar-refractivity contribution in [2.24, 2.45) is 10.8 Å². The van der Waals surface area contributed by atoms with Gasteiger partial charge in [-0.3, -0.25) is 8.37 Å². The van der Waals surface area contributed by atoms with E-state index in [1.54, 1.807) is 24.3 Å². The summed E-state index contributed by atoms with van der Waals surface area (Å²) in [5.74, 6) is 0. The zero-order valence-corrected chi connectivity index (χ0v) is 23.5. The molecule has 0 aliphatic heterocycles. The van der Waals surface area contributed by atoms with Gasteiger partial charge in [0, 0.05) is 11.8 Å². The second kappa shape index (κ2) is 12.4. The summed E-state index contributed by atoms with van der Waals surface area (Å²) < 4.78 is 60.1. The average Bonchev–Trinajstić information content (AvgIpc) is 2.83. The van der Waals surface area contributed by atoms with E-state index in [0.29, 0.717) is 25.8 Å². The lowest BCUT2D eigenvalue weighted by atomic mass is 9.67. The van der Waals surface area contributed by atoms with Crippen LogP contribution in [-0.4, -0.2) is 36.6 Å². The van der Waals surface area contributed by atoms with Crippen molar-refractivity contribution in [1.29, 1.82) is 5.26 Å². The smallest absolute Gasteiger partial charge is 0.296 e. The van der Waals surface area contributed by atoms with E-state index in [0.717, 1.165) is 30.4 Å². The lowest BCUT2D eigenvalue weighted by molar-refractivity contribution is 0.0144. The van der Waals surface area contributed by atoms with Crippen LogP contribution in [0.4, 0.5) is 0 Å². The summed E-state index contributed by atoms with van der Waals surface area (Å²) in [6.07, 6.45) is 6.14. The molecule has 2 saturated carbocycles. The van der Waals surface area contributed by atoms with Crippen LogP contribution in [0.3, 0.4) is 0 Å². The van der Waals surface area contributed by atoms with Crippen molar-refractivity contribution in [3.63, 3.8) is 0 Å². The van der Waals surface area contributed by atoms with Gasteiger partial charge in [0.1, 0.15) is 0 Å². The van der Waals surface area contributed by atoms with E-state index in [-0.39, 0.29) is 28.4 Å². The SMILES string of the molecule is Cc1ccc(S(=O)(=O)OCC2(COS(=O)(=O)c3ccc(C)cc3)CCC2)cc1.[C-]#[N+]CC1(CC#N)CCC1.